The Morgan fingerprint density at radius 1 is 1.36 bits per heavy atom. The predicted octanol–water partition coefficient (Wildman–Crippen LogP) is 1.49. The topological polar surface area (TPSA) is 113 Å². The van der Waals surface area contributed by atoms with Gasteiger partial charge in [-0.15, -0.1) is 12.4 Å². The summed E-state index contributed by atoms with van der Waals surface area (Å²) in [7, 11) is -0.754. The average molecular weight is 435 g/mol. The average Bonchev–Trinajstić information content (AvgIpc) is 2.66. The molecule has 11 heteroatoms. The molecule has 1 aromatic rings. The van der Waals surface area contributed by atoms with Gasteiger partial charge in [0, 0.05) is 32.3 Å². The first-order chi connectivity index (χ1) is 12.8. The number of nitrogens with zero attached hydrogens (tertiary/aromatic N) is 3. The maximum Gasteiger partial charge on any atom is 0.270 e. The van der Waals surface area contributed by atoms with Crippen LogP contribution in [0.2, 0.25) is 0 Å². The number of non-ortho nitro benzene ring substituents is 1. The maximum atomic E-state index is 12.6. The van der Waals surface area contributed by atoms with E-state index in [1.54, 1.807) is 4.90 Å². The first-order valence-electron chi connectivity index (χ1n) is 8.89. The third-order valence-electron chi connectivity index (χ3n) is 4.86. The molecule has 28 heavy (non-hydrogen) atoms. The second kappa shape index (κ2) is 10.7. The zero-order valence-electron chi connectivity index (χ0n) is 16.0. The lowest BCUT2D eigenvalue weighted by Gasteiger charge is -2.33. The Labute approximate surface area is 171 Å². The molecule has 1 amide bonds. The summed E-state index contributed by atoms with van der Waals surface area (Å²) in [4.78, 5) is 24.2. The zero-order chi connectivity index (χ0) is 20.0. The van der Waals surface area contributed by atoms with Gasteiger partial charge in [-0.05, 0) is 44.8 Å². The van der Waals surface area contributed by atoms with Crippen LogP contribution in [0.4, 0.5) is 5.69 Å². The molecule has 1 aliphatic rings. The maximum absolute atomic E-state index is 12.6. The van der Waals surface area contributed by atoms with E-state index in [2.05, 4.69) is 5.32 Å². The van der Waals surface area contributed by atoms with Gasteiger partial charge in [0.25, 0.3) is 5.69 Å². The lowest BCUT2D eigenvalue weighted by atomic mass is 9.93. The molecule has 2 rings (SSSR count). The number of nitro groups is 1. The number of hydrogen-bond acceptors (Lipinski definition) is 6. The number of sulfonamides is 1. The van der Waals surface area contributed by atoms with E-state index in [4.69, 9.17) is 0 Å². The Balaban J connectivity index is 0.00000392. The Kier molecular flexibility index (Phi) is 9.28. The number of piperidine rings is 1. The van der Waals surface area contributed by atoms with Crippen LogP contribution >= 0.6 is 12.4 Å². The number of halogens is 1. The number of carbonyl (C=O) groups is 1. The van der Waals surface area contributed by atoms with Crippen molar-refractivity contribution in [1.82, 2.24) is 14.5 Å². The van der Waals surface area contributed by atoms with Crippen molar-refractivity contribution in [2.75, 3.05) is 40.3 Å². The third kappa shape index (κ3) is 6.13. The van der Waals surface area contributed by atoms with Crippen LogP contribution in [0.15, 0.2) is 29.2 Å². The van der Waals surface area contributed by atoms with Crippen molar-refractivity contribution < 1.29 is 18.1 Å². The molecule has 1 heterocycles. The second-order valence-electron chi connectivity index (χ2n) is 6.73. The largest absolute Gasteiger partial charge is 0.342 e. The van der Waals surface area contributed by atoms with E-state index >= 15 is 0 Å². The third-order valence-corrected chi connectivity index (χ3v) is 6.66. The van der Waals surface area contributed by atoms with E-state index in [1.807, 2.05) is 7.05 Å². The lowest BCUT2D eigenvalue weighted by Crippen LogP contribution is -2.44. The highest BCUT2D eigenvalue weighted by Crippen LogP contribution is 2.22. The minimum atomic E-state index is -3.98. The fraction of sp³-hybridized carbons (Fsp3) is 0.588. The minimum absolute atomic E-state index is 0. The number of amides is 1. The van der Waals surface area contributed by atoms with Gasteiger partial charge < -0.3 is 10.2 Å². The smallest absolute Gasteiger partial charge is 0.270 e. The number of rotatable bonds is 8. The summed E-state index contributed by atoms with van der Waals surface area (Å²) in [5.41, 5.74) is -0.306. The molecule has 0 aliphatic carbocycles. The molecular formula is C17H27ClN4O5S. The molecule has 1 fully saturated rings. The molecule has 9 nitrogen and oxygen atoms in total. The van der Waals surface area contributed by atoms with Crippen molar-refractivity contribution in [3.8, 4) is 0 Å². The van der Waals surface area contributed by atoms with Crippen LogP contribution in [0, 0.1) is 16.0 Å². The van der Waals surface area contributed by atoms with Crippen LogP contribution in [-0.2, 0) is 14.8 Å². The molecule has 0 atom stereocenters. The monoisotopic (exact) mass is 434 g/mol. The molecule has 1 saturated heterocycles. The van der Waals surface area contributed by atoms with Crippen LogP contribution < -0.4 is 5.32 Å². The Bertz CT molecular complexity index is 782. The highest BCUT2D eigenvalue weighted by molar-refractivity contribution is 7.89. The van der Waals surface area contributed by atoms with E-state index in [-0.39, 0.29) is 35.4 Å². The molecule has 0 radical (unpaired) electrons. The summed E-state index contributed by atoms with van der Waals surface area (Å²) < 4.78 is 26.2. The van der Waals surface area contributed by atoms with Crippen LogP contribution in [0.3, 0.4) is 0 Å². The molecule has 0 unspecified atom stereocenters. The zero-order valence-corrected chi connectivity index (χ0v) is 17.7. The number of likely N-dealkylation sites (N-methyl/N-ethyl adjacent to an activating group) is 1. The van der Waals surface area contributed by atoms with Gasteiger partial charge >= 0.3 is 0 Å². The Morgan fingerprint density at radius 2 is 2.00 bits per heavy atom. The van der Waals surface area contributed by atoms with Crippen LogP contribution in [0.25, 0.3) is 0 Å². The van der Waals surface area contributed by atoms with Crippen molar-refractivity contribution in [2.24, 2.45) is 5.92 Å². The molecule has 1 N–H and O–H groups in total. The molecule has 0 aromatic heterocycles. The van der Waals surface area contributed by atoms with Gasteiger partial charge in [0.15, 0.2) is 0 Å². The van der Waals surface area contributed by atoms with Crippen LogP contribution in [0.5, 0.6) is 0 Å². The quantitative estimate of drug-likeness (QED) is 0.489. The highest BCUT2D eigenvalue weighted by Gasteiger charge is 2.28. The SMILES string of the molecule is CNCCC1CCN(C(=O)CN(C)S(=O)(=O)c2cccc([N+](=O)[O-])c2)CC1.Cl. The molecular weight excluding hydrogens is 408 g/mol. The van der Waals surface area contributed by atoms with Gasteiger partial charge in [-0.3, -0.25) is 14.9 Å². The fourth-order valence-corrected chi connectivity index (χ4v) is 4.29. The molecule has 158 valence electrons. The summed E-state index contributed by atoms with van der Waals surface area (Å²) in [6.45, 7) is 1.91. The van der Waals surface area contributed by atoms with Crippen LogP contribution in [-0.4, -0.2) is 68.7 Å². The number of hydrogen-bond donors (Lipinski definition) is 1. The molecule has 0 spiro atoms. The number of carbonyl (C=O) groups excluding carboxylic acids is 1. The normalized spacial score (nSPS) is 15.3. The van der Waals surface area contributed by atoms with Gasteiger partial charge in [-0.2, -0.15) is 4.31 Å². The number of nitro benzene ring substituents is 1. The van der Waals surface area contributed by atoms with Crippen molar-refractivity contribution >= 4 is 34.0 Å². The van der Waals surface area contributed by atoms with Crippen molar-refractivity contribution in [1.29, 1.82) is 0 Å². The standard InChI is InChI=1S/C17H26N4O5S.ClH/c1-18-9-6-14-7-10-20(11-8-14)17(22)13-19(2)27(25,26)16-5-3-4-15(12-16)21(23)24;/h3-5,12,14,18H,6-11,13H2,1-2H3;1H. The van der Waals surface area contributed by atoms with Gasteiger partial charge in [0.2, 0.25) is 15.9 Å². The molecule has 1 aromatic carbocycles. The van der Waals surface area contributed by atoms with Crippen molar-refractivity contribution in [3.63, 3.8) is 0 Å². The summed E-state index contributed by atoms with van der Waals surface area (Å²) >= 11 is 0. The summed E-state index contributed by atoms with van der Waals surface area (Å²) in [6, 6.07) is 4.83. The van der Waals surface area contributed by atoms with E-state index < -0.39 is 14.9 Å². The lowest BCUT2D eigenvalue weighted by molar-refractivity contribution is -0.385. The second-order valence-corrected chi connectivity index (χ2v) is 8.78. The van der Waals surface area contributed by atoms with Gasteiger partial charge in [0.05, 0.1) is 16.4 Å². The van der Waals surface area contributed by atoms with Gasteiger partial charge in [0.1, 0.15) is 0 Å². The number of likely N-dealkylation sites (tertiary alicyclic amines) is 1. The predicted molar refractivity (Wildman–Crippen MR) is 108 cm³/mol. The first kappa shape index (κ1) is 24.3. The number of nitrogens with one attached hydrogen (secondary N) is 1. The minimum Gasteiger partial charge on any atom is -0.342 e. The van der Waals surface area contributed by atoms with Crippen LogP contribution in [0.1, 0.15) is 19.3 Å². The highest BCUT2D eigenvalue weighted by atomic mass is 35.5. The van der Waals surface area contributed by atoms with E-state index in [9.17, 15) is 23.3 Å². The molecule has 0 bridgehead atoms. The van der Waals surface area contributed by atoms with Crippen molar-refractivity contribution in [2.45, 2.75) is 24.2 Å². The fourth-order valence-electron chi connectivity index (χ4n) is 3.13. The summed E-state index contributed by atoms with van der Waals surface area (Å²) in [5.74, 6) is 0.325. The van der Waals surface area contributed by atoms with Crippen molar-refractivity contribution in [3.05, 3.63) is 34.4 Å². The summed E-state index contributed by atoms with van der Waals surface area (Å²) in [5, 5.41) is 14.0. The molecule has 0 saturated carbocycles. The number of benzene rings is 1. The molecule has 1 aliphatic heterocycles. The van der Waals surface area contributed by atoms with Gasteiger partial charge in [-0.1, -0.05) is 6.07 Å². The van der Waals surface area contributed by atoms with E-state index in [0.717, 1.165) is 36.2 Å². The Hall–Kier alpha value is -1.75. The van der Waals surface area contributed by atoms with E-state index in [0.29, 0.717) is 19.0 Å². The summed E-state index contributed by atoms with van der Waals surface area (Å²) in [6.07, 6.45) is 2.89. The first-order valence-corrected chi connectivity index (χ1v) is 10.3. The van der Waals surface area contributed by atoms with Gasteiger partial charge in [-0.25, -0.2) is 8.42 Å². The Morgan fingerprint density at radius 3 is 2.57 bits per heavy atom. The van der Waals surface area contributed by atoms with E-state index in [1.165, 1.54) is 25.2 Å².